The molecule has 0 saturated heterocycles. The predicted octanol–water partition coefficient (Wildman–Crippen LogP) is 2.37. The molecule has 0 unspecified atom stereocenters. The van der Waals surface area contributed by atoms with Crippen LogP contribution in [0.1, 0.15) is 5.56 Å². The first-order valence-electron chi connectivity index (χ1n) is 4.41. The van der Waals surface area contributed by atoms with Gasteiger partial charge in [-0.2, -0.15) is 11.8 Å². The molecule has 5 heteroatoms. The topological polar surface area (TPSA) is 59.1 Å². The first-order chi connectivity index (χ1) is 7.15. The number of hydrogen-bond donors (Lipinski definition) is 2. The Morgan fingerprint density at radius 3 is 2.87 bits per heavy atom. The second-order valence-electron chi connectivity index (χ2n) is 2.90. The summed E-state index contributed by atoms with van der Waals surface area (Å²) in [6.07, 6.45) is 2.02. The molecular weight excluding hydrogens is 232 g/mol. The smallest absolute Gasteiger partial charge is 0.124 e. The van der Waals surface area contributed by atoms with E-state index in [9.17, 15) is 0 Å². The third-order valence-corrected chi connectivity index (χ3v) is 2.67. The first-order valence-corrected chi connectivity index (χ1v) is 6.18. The van der Waals surface area contributed by atoms with Crippen molar-refractivity contribution in [1.82, 2.24) is 0 Å². The zero-order chi connectivity index (χ0) is 11.3. The number of benzene rings is 1. The van der Waals surface area contributed by atoms with Gasteiger partial charge in [-0.25, -0.2) is 0 Å². The molecule has 0 aromatic heterocycles. The summed E-state index contributed by atoms with van der Waals surface area (Å²) in [5.41, 5.74) is 5.88. The number of amidine groups is 1. The zero-order valence-corrected chi connectivity index (χ0v) is 9.99. The van der Waals surface area contributed by atoms with Gasteiger partial charge in [0.15, 0.2) is 0 Å². The zero-order valence-electron chi connectivity index (χ0n) is 8.42. The summed E-state index contributed by atoms with van der Waals surface area (Å²) in [5, 5.41) is 7.71. The lowest BCUT2D eigenvalue weighted by Crippen LogP contribution is -2.11. The number of hydrogen-bond acceptors (Lipinski definition) is 3. The number of nitrogens with two attached hydrogens (primary N) is 1. The van der Waals surface area contributed by atoms with Gasteiger partial charge >= 0.3 is 0 Å². The van der Waals surface area contributed by atoms with Crippen LogP contribution in [0.15, 0.2) is 18.2 Å². The Bertz CT molecular complexity index is 357. The number of nitrogen functional groups attached to an aromatic ring is 1. The number of ether oxygens (including phenoxy) is 1. The van der Waals surface area contributed by atoms with Crippen molar-refractivity contribution in [2.75, 3.05) is 18.6 Å². The van der Waals surface area contributed by atoms with Crippen LogP contribution in [0.2, 0.25) is 5.02 Å². The Hall–Kier alpha value is -0.870. The number of nitrogens with one attached hydrogen (secondary N) is 1. The maximum Gasteiger partial charge on any atom is 0.124 e. The molecule has 1 aromatic rings. The Morgan fingerprint density at radius 1 is 1.60 bits per heavy atom. The molecule has 0 bridgehead atoms. The minimum atomic E-state index is -0.0318. The molecule has 1 rings (SSSR count). The van der Waals surface area contributed by atoms with Crippen molar-refractivity contribution < 1.29 is 4.74 Å². The molecule has 0 aliphatic heterocycles. The summed E-state index contributed by atoms with van der Waals surface area (Å²) in [7, 11) is 0. The van der Waals surface area contributed by atoms with Gasteiger partial charge in [-0.05, 0) is 24.5 Å². The minimum Gasteiger partial charge on any atom is -0.493 e. The highest BCUT2D eigenvalue weighted by Crippen LogP contribution is 2.22. The van der Waals surface area contributed by atoms with E-state index in [4.69, 9.17) is 27.5 Å². The van der Waals surface area contributed by atoms with E-state index in [-0.39, 0.29) is 5.84 Å². The standard InChI is InChI=1S/C10H13ClN2OS/c1-15-5-4-14-7-2-3-8(10(12)13)9(11)6-7/h2-3,6H,4-5H2,1H3,(H3,12,13). The highest BCUT2D eigenvalue weighted by molar-refractivity contribution is 7.98. The largest absolute Gasteiger partial charge is 0.493 e. The molecule has 0 heterocycles. The van der Waals surface area contributed by atoms with Crippen LogP contribution in [0.25, 0.3) is 0 Å². The molecule has 0 aliphatic rings. The number of halogens is 1. The van der Waals surface area contributed by atoms with Crippen molar-refractivity contribution in [2.45, 2.75) is 0 Å². The van der Waals surface area contributed by atoms with Crippen LogP contribution < -0.4 is 10.5 Å². The van der Waals surface area contributed by atoms with E-state index in [1.165, 1.54) is 0 Å². The fraction of sp³-hybridized carbons (Fsp3) is 0.300. The van der Waals surface area contributed by atoms with Crippen LogP contribution >= 0.6 is 23.4 Å². The van der Waals surface area contributed by atoms with Crippen LogP contribution in [0.5, 0.6) is 5.75 Å². The predicted molar refractivity (Wildman–Crippen MR) is 66.3 cm³/mol. The maximum absolute atomic E-state index is 7.26. The number of thioether (sulfide) groups is 1. The van der Waals surface area contributed by atoms with Crippen LogP contribution in [-0.2, 0) is 0 Å². The van der Waals surface area contributed by atoms with E-state index in [0.717, 1.165) is 5.75 Å². The van der Waals surface area contributed by atoms with E-state index in [1.807, 2.05) is 6.26 Å². The first kappa shape index (κ1) is 12.2. The van der Waals surface area contributed by atoms with Crippen molar-refractivity contribution >= 4 is 29.2 Å². The Balaban J connectivity index is 2.69. The SMILES string of the molecule is CSCCOc1ccc(C(=N)N)c(Cl)c1. The highest BCUT2D eigenvalue weighted by Gasteiger charge is 2.04. The summed E-state index contributed by atoms with van der Waals surface area (Å²) in [6, 6.07) is 5.14. The van der Waals surface area contributed by atoms with E-state index < -0.39 is 0 Å². The summed E-state index contributed by atoms with van der Waals surface area (Å²) in [4.78, 5) is 0. The second-order valence-corrected chi connectivity index (χ2v) is 4.29. The Kier molecular flexibility index (Phi) is 4.78. The lowest BCUT2D eigenvalue weighted by molar-refractivity contribution is 0.344. The van der Waals surface area contributed by atoms with E-state index in [2.05, 4.69) is 0 Å². The molecule has 82 valence electrons. The van der Waals surface area contributed by atoms with Crippen LogP contribution in [0.3, 0.4) is 0 Å². The second kappa shape index (κ2) is 5.88. The summed E-state index contributed by atoms with van der Waals surface area (Å²) >= 11 is 7.65. The molecule has 0 saturated carbocycles. The van der Waals surface area contributed by atoms with Gasteiger partial charge in [0, 0.05) is 11.3 Å². The fourth-order valence-electron chi connectivity index (χ4n) is 1.05. The molecule has 0 radical (unpaired) electrons. The quantitative estimate of drug-likeness (QED) is 0.475. The third-order valence-electron chi connectivity index (χ3n) is 1.79. The fourth-order valence-corrected chi connectivity index (χ4v) is 1.57. The molecule has 1 aromatic carbocycles. The molecular formula is C10H13ClN2OS. The average Bonchev–Trinajstić information content (AvgIpc) is 2.17. The molecule has 15 heavy (non-hydrogen) atoms. The van der Waals surface area contributed by atoms with E-state index in [0.29, 0.717) is 22.9 Å². The van der Waals surface area contributed by atoms with Crippen molar-refractivity contribution in [2.24, 2.45) is 5.73 Å². The Labute approximate surface area is 98.5 Å². The monoisotopic (exact) mass is 244 g/mol. The van der Waals surface area contributed by atoms with Crippen LogP contribution in [0.4, 0.5) is 0 Å². The van der Waals surface area contributed by atoms with Crippen molar-refractivity contribution in [3.8, 4) is 5.75 Å². The van der Waals surface area contributed by atoms with Crippen molar-refractivity contribution in [3.63, 3.8) is 0 Å². The van der Waals surface area contributed by atoms with E-state index in [1.54, 1.807) is 30.0 Å². The maximum atomic E-state index is 7.26. The molecule has 0 atom stereocenters. The van der Waals surface area contributed by atoms with Crippen LogP contribution in [0, 0.1) is 5.41 Å². The summed E-state index contributed by atoms with van der Waals surface area (Å²) < 4.78 is 5.45. The van der Waals surface area contributed by atoms with Gasteiger partial charge in [0.25, 0.3) is 0 Å². The molecule has 3 nitrogen and oxygen atoms in total. The molecule has 0 amide bonds. The van der Waals surface area contributed by atoms with Gasteiger partial charge in [-0.1, -0.05) is 11.6 Å². The molecule has 3 N–H and O–H groups in total. The van der Waals surface area contributed by atoms with Gasteiger partial charge in [0.05, 0.1) is 11.6 Å². The summed E-state index contributed by atoms with van der Waals surface area (Å²) in [6.45, 7) is 0.650. The van der Waals surface area contributed by atoms with Crippen molar-refractivity contribution in [1.29, 1.82) is 5.41 Å². The molecule has 0 spiro atoms. The molecule has 0 fully saturated rings. The highest BCUT2D eigenvalue weighted by atomic mass is 35.5. The average molecular weight is 245 g/mol. The normalized spacial score (nSPS) is 10.0. The van der Waals surface area contributed by atoms with Gasteiger partial charge < -0.3 is 10.5 Å². The Morgan fingerprint density at radius 2 is 2.33 bits per heavy atom. The lowest BCUT2D eigenvalue weighted by Gasteiger charge is -2.07. The molecule has 0 aliphatic carbocycles. The van der Waals surface area contributed by atoms with Gasteiger partial charge in [0.1, 0.15) is 11.6 Å². The van der Waals surface area contributed by atoms with Gasteiger partial charge in [-0.15, -0.1) is 0 Å². The third kappa shape index (κ3) is 3.64. The van der Waals surface area contributed by atoms with Crippen molar-refractivity contribution in [3.05, 3.63) is 28.8 Å². The van der Waals surface area contributed by atoms with Gasteiger partial charge in [-0.3, -0.25) is 5.41 Å². The van der Waals surface area contributed by atoms with Gasteiger partial charge in [0.2, 0.25) is 0 Å². The number of rotatable bonds is 5. The summed E-state index contributed by atoms with van der Waals surface area (Å²) in [5.74, 6) is 1.61. The van der Waals surface area contributed by atoms with E-state index >= 15 is 0 Å². The lowest BCUT2D eigenvalue weighted by atomic mass is 10.2. The van der Waals surface area contributed by atoms with Crippen LogP contribution in [-0.4, -0.2) is 24.5 Å². The minimum absolute atomic E-state index is 0.0318.